The Hall–Kier alpha value is -2.85. The molecule has 2 aromatic heterocycles. The van der Waals surface area contributed by atoms with E-state index in [-0.39, 0.29) is 34.8 Å². The maximum absolute atomic E-state index is 13.2. The SMILES string of the molecule is Cc1cc2nc(NC(=O)CC(C)(C)C)n(CC(F)(F)F)c2nc1NC(=O)OC(C)(C)C. The number of aromatic nitrogens is 3. The molecule has 0 aromatic carbocycles. The monoisotopic (exact) mass is 443 g/mol. The second kappa shape index (κ2) is 8.35. The van der Waals surface area contributed by atoms with Gasteiger partial charge in [0.2, 0.25) is 11.9 Å². The Bertz CT molecular complexity index is 985. The van der Waals surface area contributed by atoms with Gasteiger partial charge in [0.15, 0.2) is 5.65 Å². The van der Waals surface area contributed by atoms with Crippen molar-refractivity contribution in [1.82, 2.24) is 14.5 Å². The molecular formula is C20H28F3N5O3. The molecule has 172 valence electrons. The second-order valence-corrected chi connectivity index (χ2v) is 9.55. The van der Waals surface area contributed by atoms with Crippen LogP contribution < -0.4 is 10.6 Å². The predicted octanol–water partition coefficient (Wildman–Crippen LogP) is 5.02. The lowest BCUT2D eigenvalue weighted by atomic mass is 9.92. The molecule has 31 heavy (non-hydrogen) atoms. The number of hydrogen-bond donors (Lipinski definition) is 2. The van der Waals surface area contributed by atoms with Crippen molar-refractivity contribution in [1.29, 1.82) is 0 Å². The van der Waals surface area contributed by atoms with E-state index in [1.807, 2.05) is 20.8 Å². The molecule has 0 atom stereocenters. The topological polar surface area (TPSA) is 98.1 Å². The highest BCUT2D eigenvalue weighted by Crippen LogP contribution is 2.28. The van der Waals surface area contributed by atoms with Crippen LogP contribution in [0.4, 0.5) is 29.7 Å². The van der Waals surface area contributed by atoms with Gasteiger partial charge in [-0.05, 0) is 44.7 Å². The van der Waals surface area contributed by atoms with Crippen LogP contribution in [0.1, 0.15) is 53.5 Å². The zero-order chi connectivity index (χ0) is 23.8. The molecule has 2 rings (SSSR count). The minimum Gasteiger partial charge on any atom is -0.444 e. The summed E-state index contributed by atoms with van der Waals surface area (Å²) in [5, 5.41) is 4.90. The first-order chi connectivity index (χ1) is 13.9. The van der Waals surface area contributed by atoms with E-state index in [0.29, 0.717) is 5.56 Å². The third-order valence-electron chi connectivity index (χ3n) is 3.81. The van der Waals surface area contributed by atoms with E-state index in [0.717, 1.165) is 4.57 Å². The van der Waals surface area contributed by atoms with Gasteiger partial charge < -0.3 is 4.74 Å². The number of halogens is 3. The summed E-state index contributed by atoms with van der Waals surface area (Å²) in [5.74, 6) is -0.685. The number of carbonyl (C=O) groups is 2. The molecule has 0 saturated heterocycles. The molecule has 2 amide bonds. The van der Waals surface area contributed by atoms with Crippen molar-refractivity contribution in [2.75, 3.05) is 10.6 Å². The number of fused-ring (bicyclic) bond motifs is 1. The Morgan fingerprint density at radius 2 is 1.68 bits per heavy atom. The quantitative estimate of drug-likeness (QED) is 0.691. The van der Waals surface area contributed by atoms with Crippen molar-refractivity contribution in [2.24, 2.45) is 5.41 Å². The van der Waals surface area contributed by atoms with Gasteiger partial charge >= 0.3 is 12.3 Å². The van der Waals surface area contributed by atoms with E-state index in [1.54, 1.807) is 27.7 Å². The molecule has 0 aliphatic carbocycles. The number of rotatable bonds is 4. The summed E-state index contributed by atoms with van der Waals surface area (Å²) >= 11 is 0. The summed E-state index contributed by atoms with van der Waals surface area (Å²) in [6.07, 6.45) is -5.27. The van der Waals surface area contributed by atoms with Crippen molar-refractivity contribution in [3.05, 3.63) is 11.6 Å². The predicted molar refractivity (Wildman–Crippen MR) is 111 cm³/mol. The van der Waals surface area contributed by atoms with Gasteiger partial charge in [0.25, 0.3) is 0 Å². The van der Waals surface area contributed by atoms with Gasteiger partial charge in [-0.3, -0.25) is 20.0 Å². The maximum atomic E-state index is 13.2. The number of nitrogens with zero attached hydrogens (tertiary/aromatic N) is 3. The summed E-state index contributed by atoms with van der Waals surface area (Å²) in [6.45, 7) is 10.8. The first kappa shape index (κ1) is 24.4. The molecule has 0 radical (unpaired) electrons. The summed E-state index contributed by atoms with van der Waals surface area (Å²) in [4.78, 5) is 32.7. The molecule has 0 fully saturated rings. The average molecular weight is 443 g/mol. The van der Waals surface area contributed by atoms with Crippen LogP contribution in [0.15, 0.2) is 6.07 Å². The van der Waals surface area contributed by atoms with Gasteiger partial charge in [-0.1, -0.05) is 20.8 Å². The lowest BCUT2D eigenvalue weighted by molar-refractivity contribution is -0.139. The average Bonchev–Trinajstić information content (AvgIpc) is 2.78. The fourth-order valence-electron chi connectivity index (χ4n) is 2.75. The van der Waals surface area contributed by atoms with Crippen LogP contribution in [0, 0.1) is 12.3 Å². The van der Waals surface area contributed by atoms with Crippen molar-refractivity contribution < 1.29 is 27.5 Å². The molecule has 2 heterocycles. The molecule has 0 aliphatic rings. The number of hydrogen-bond acceptors (Lipinski definition) is 5. The summed E-state index contributed by atoms with van der Waals surface area (Å²) < 4.78 is 45.6. The molecular weight excluding hydrogens is 415 g/mol. The lowest BCUT2D eigenvalue weighted by Crippen LogP contribution is -2.28. The molecule has 2 aromatic rings. The van der Waals surface area contributed by atoms with Gasteiger partial charge in [0.1, 0.15) is 23.5 Å². The zero-order valence-electron chi connectivity index (χ0n) is 18.7. The molecule has 0 aliphatic heterocycles. The van der Waals surface area contributed by atoms with Gasteiger partial charge in [0, 0.05) is 6.42 Å². The van der Waals surface area contributed by atoms with Crippen LogP contribution >= 0.6 is 0 Å². The fourth-order valence-corrected chi connectivity index (χ4v) is 2.75. The van der Waals surface area contributed by atoms with E-state index in [2.05, 4.69) is 20.6 Å². The van der Waals surface area contributed by atoms with Gasteiger partial charge in [-0.15, -0.1) is 0 Å². The number of nitrogens with one attached hydrogen (secondary N) is 2. The van der Waals surface area contributed by atoms with E-state index < -0.39 is 30.3 Å². The number of alkyl halides is 3. The number of ether oxygens (including phenoxy) is 1. The van der Waals surface area contributed by atoms with E-state index >= 15 is 0 Å². The van der Waals surface area contributed by atoms with E-state index in [4.69, 9.17) is 4.74 Å². The highest BCUT2D eigenvalue weighted by molar-refractivity contribution is 5.92. The molecule has 0 spiro atoms. The Morgan fingerprint density at radius 1 is 1.06 bits per heavy atom. The van der Waals surface area contributed by atoms with Crippen LogP contribution in [0.5, 0.6) is 0 Å². The first-order valence-corrected chi connectivity index (χ1v) is 9.68. The Balaban J connectivity index is 2.47. The van der Waals surface area contributed by atoms with Crippen LogP contribution in [-0.4, -0.2) is 38.3 Å². The molecule has 0 bridgehead atoms. The summed E-state index contributed by atoms with van der Waals surface area (Å²) in [6, 6.07) is 1.49. The molecule has 8 nitrogen and oxygen atoms in total. The van der Waals surface area contributed by atoms with Gasteiger partial charge in [-0.25, -0.2) is 14.8 Å². The standard InChI is InChI=1S/C20H28F3N5O3/c1-11-8-12-15(26-14(11)27-17(30)31-19(5,6)7)28(10-20(21,22)23)16(24-12)25-13(29)9-18(2,3)4/h8H,9-10H2,1-7H3,(H,24,25,29)(H,26,27,30). The van der Waals surface area contributed by atoms with Crippen LogP contribution in [0.2, 0.25) is 0 Å². The third kappa shape index (κ3) is 7.41. The Morgan fingerprint density at radius 3 is 2.19 bits per heavy atom. The number of imidazole rings is 1. The summed E-state index contributed by atoms with van der Waals surface area (Å²) in [7, 11) is 0. The van der Waals surface area contributed by atoms with Crippen LogP contribution in [0.25, 0.3) is 11.2 Å². The summed E-state index contributed by atoms with van der Waals surface area (Å²) in [5.41, 5.74) is -0.611. The minimum atomic E-state index is -4.58. The first-order valence-electron chi connectivity index (χ1n) is 9.68. The van der Waals surface area contributed by atoms with Crippen LogP contribution in [-0.2, 0) is 16.1 Å². The van der Waals surface area contributed by atoms with E-state index in [9.17, 15) is 22.8 Å². The fraction of sp³-hybridized carbons (Fsp3) is 0.600. The minimum absolute atomic E-state index is 0.0395. The number of anilines is 2. The smallest absolute Gasteiger partial charge is 0.413 e. The van der Waals surface area contributed by atoms with Crippen molar-refractivity contribution in [3.8, 4) is 0 Å². The molecule has 0 unspecified atom stereocenters. The van der Waals surface area contributed by atoms with Crippen molar-refractivity contribution in [3.63, 3.8) is 0 Å². The number of carbonyl (C=O) groups excluding carboxylic acids is 2. The Kier molecular flexibility index (Phi) is 6.58. The maximum Gasteiger partial charge on any atom is 0.413 e. The normalized spacial score (nSPS) is 12.7. The number of aryl methyl sites for hydroxylation is 1. The second-order valence-electron chi connectivity index (χ2n) is 9.55. The van der Waals surface area contributed by atoms with Crippen molar-refractivity contribution in [2.45, 2.75) is 73.2 Å². The molecule has 0 saturated carbocycles. The zero-order valence-corrected chi connectivity index (χ0v) is 18.7. The van der Waals surface area contributed by atoms with Gasteiger partial charge in [-0.2, -0.15) is 13.2 Å². The highest BCUT2D eigenvalue weighted by atomic mass is 19.4. The van der Waals surface area contributed by atoms with E-state index in [1.165, 1.54) is 6.07 Å². The number of pyridine rings is 1. The highest BCUT2D eigenvalue weighted by Gasteiger charge is 2.32. The molecule has 2 N–H and O–H groups in total. The molecule has 11 heteroatoms. The van der Waals surface area contributed by atoms with Crippen LogP contribution in [0.3, 0.4) is 0 Å². The largest absolute Gasteiger partial charge is 0.444 e. The lowest BCUT2D eigenvalue weighted by Gasteiger charge is -2.20. The van der Waals surface area contributed by atoms with Crippen molar-refractivity contribution >= 4 is 34.9 Å². The Labute approximate surface area is 178 Å². The van der Waals surface area contributed by atoms with Gasteiger partial charge in [0.05, 0.1) is 0 Å². The third-order valence-corrected chi connectivity index (χ3v) is 3.81. The number of amides is 2.